The fourth-order valence-electron chi connectivity index (χ4n) is 1.76. The van der Waals surface area contributed by atoms with Gasteiger partial charge in [-0.2, -0.15) is 0 Å². The smallest absolute Gasteiger partial charge is 0.326 e. The van der Waals surface area contributed by atoms with Crippen molar-refractivity contribution in [2.75, 3.05) is 0 Å². The second-order valence-corrected chi connectivity index (χ2v) is 5.58. The van der Waals surface area contributed by atoms with E-state index < -0.39 is 30.1 Å². The van der Waals surface area contributed by atoms with Gasteiger partial charge in [0.05, 0.1) is 6.04 Å². The molecule has 2 amide bonds. The number of amides is 2. The van der Waals surface area contributed by atoms with Crippen molar-refractivity contribution in [3.63, 3.8) is 0 Å². The van der Waals surface area contributed by atoms with Gasteiger partial charge in [0.2, 0.25) is 0 Å². The number of hydrogen-bond acceptors (Lipinski definition) is 4. The normalized spacial score (nSPS) is 13.3. The van der Waals surface area contributed by atoms with Crippen LogP contribution in [-0.4, -0.2) is 46.0 Å². The molecule has 22 heavy (non-hydrogen) atoms. The fraction of sp³-hybridized carbons (Fsp3) is 0.714. The number of carbonyl (C=O) groups excluding carboxylic acids is 2. The fourth-order valence-corrected chi connectivity index (χ4v) is 1.76. The number of urea groups is 1. The Labute approximate surface area is 129 Å². The Balaban J connectivity index is 4.54. The lowest BCUT2D eigenvalue weighted by molar-refractivity contribution is -0.140. The summed E-state index contributed by atoms with van der Waals surface area (Å²) >= 11 is 0. The number of aliphatic carboxylic acids is 2. The number of hydrogen-bond donors (Lipinski definition) is 4. The van der Waals surface area contributed by atoms with Crippen LogP contribution in [0.2, 0.25) is 0 Å². The van der Waals surface area contributed by atoms with Crippen LogP contribution in [0, 0.1) is 5.92 Å². The van der Waals surface area contributed by atoms with Crippen LogP contribution < -0.4 is 10.6 Å². The van der Waals surface area contributed by atoms with Gasteiger partial charge in [-0.05, 0) is 32.1 Å². The maximum absolute atomic E-state index is 11.8. The zero-order valence-electron chi connectivity index (χ0n) is 13.1. The number of carboxylic acid groups (broad SMARTS) is 2. The topological polar surface area (TPSA) is 133 Å². The highest BCUT2D eigenvalue weighted by Crippen LogP contribution is 2.08. The van der Waals surface area contributed by atoms with Crippen LogP contribution in [0.1, 0.15) is 46.5 Å². The van der Waals surface area contributed by atoms with Gasteiger partial charge in [0, 0.05) is 6.42 Å². The van der Waals surface area contributed by atoms with Crippen molar-refractivity contribution in [1.82, 2.24) is 10.6 Å². The van der Waals surface area contributed by atoms with Crippen LogP contribution in [0.5, 0.6) is 0 Å². The Bertz CT molecular complexity index is 422. The summed E-state index contributed by atoms with van der Waals surface area (Å²) < 4.78 is 0. The molecule has 0 unspecified atom stereocenters. The average molecular weight is 316 g/mol. The maximum Gasteiger partial charge on any atom is 0.326 e. The van der Waals surface area contributed by atoms with E-state index in [4.69, 9.17) is 10.2 Å². The van der Waals surface area contributed by atoms with E-state index in [9.17, 15) is 19.2 Å². The van der Waals surface area contributed by atoms with Gasteiger partial charge in [0.25, 0.3) is 0 Å². The van der Waals surface area contributed by atoms with Crippen molar-refractivity contribution in [2.45, 2.75) is 58.5 Å². The molecular weight excluding hydrogens is 292 g/mol. The van der Waals surface area contributed by atoms with E-state index in [0.29, 0.717) is 12.3 Å². The van der Waals surface area contributed by atoms with Gasteiger partial charge in [-0.3, -0.25) is 9.59 Å². The Morgan fingerprint density at radius 2 is 1.45 bits per heavy atom. The Morgan fingerprint density at radius 3 is 1.86 bits per heavy atom. The Hall–Kier alpha value is -2.12. The van der Waals surface area contributed by atoms with E-state index in [1.165, 1.54) is 6.92 Å². The largest absolute Gasteiger partial charge is 0.481 e. The molecule has 0 aromatic carbocycles. The third-order valence-electron chi connectivity index (χ3n) is 3.08. The Kier molecular flexibility index (Phi) is 8.81. The minimum absolute atomic E-state index is 0.215. The highest BCUT2D eigenvalue weighted by molar-refractivity contribution is 5.88. The monoisotopic (exact) mass is 316 g/mol. The van der Waals surface area contributed by atoms with Gasteiger partial charge >= 0.3 is 18.0 Å². The van der Waals surface area contributed by atoms with Crippen LogP contribution in [0.4, 0.5) is 4.79 Å². The first kappa shape index (κ1) is 19.9. The molecule has 0 aliphatic rings. The summed E-state index contributed by atoms with van der Waals surface area (Å²) in [5.41, 5.74) is 0. The van der Waals surface area contributed by atoms with E-state index in [-0.39, 0.29) is 18.6 Å². The second kappa shape index (κ2) is 9.75. The van der Waals surface area contributed by atoms with Crippen LogP contribution in [0.15, 0.2) is 0 Å². The average Bonchev–Trinajstić information content (AvgIpc) is 2.38. The first-order valence-corrected chi connectivity index (χ1v) is 7.15. The third-order valence-corrected chi connectivity index (χ3v) is 3.08. The van der Waals surface area contributed by atoms with Crippen LogP contribution in [0.3, 0.4) is 0 Å². The molecule has 0 saturated heterocycles. The quantitative estimate of drug-likeness (QED) is 0.475. The van der Waals surface area contributed by atoms with Crippen molar-refractivity contribution in [2.24, 2.45) is 5.92 Å². The summed E-state index contributed by atoms with van der Waals surface area (Å²) in [6, 6.07) is -2.79. The summed E-state index contributed by atoms with van der Waals surface area (Å²) in [5, 5.41) is 22.1. The molecule has 0 aliphatic carbocycles. The highest BCUT2D eigenvalue weighted by atomic mass is 16.4. The molecule has 2 atom stereocenters. The van der Waals surface area contributed by atoms with E-state index >= 15 is 0 Å². The molecule has 0 fully saturated rings. The standard InChI is InChI=1S/C14H24N2O6/c1-8(2)4-5-10(9(3)17)15-14(22)16-11(13(20)21)6-7-12(18)19/h8,10-11H,4-7H2,1-3H3,(H,18,19)(H,20,21)(H2,15,16,22)/t10-,11+/m0/s1. The summed E-state index contributed by atoms with van der Waals surface area (Å²) in [5.74, 6) is -2.31. The molecule has 0 rings (SSSR count). The molecule has 0 bridgehead atoms. The van der Waals surface area contributed by atoms with E-state index in [1.54, 1.807) is 0 Å². The highest BCUT2D eigenvalue weighted by Gasteiger charge is 2.23. The summed E-state index contributed by atoms with van der Waals surface area (Å²) in [6.07, 6.45) is 0.606. The van der Waals surface area contributed by atoms with Crippen LogP contribution in [-0.2, 0) is 14.4 Å². The molecule has 8 heteroatoms. The zero-order valence-corrected chi connectivity index (χ0v) is 13.1. The number of Topliss-reactive ketones (excluding diaryl/α,β-unsaturated/α-hetero) is 1. The van der Waals surface area contributed by atoms with Crippen molar-refractivity contribution in [1.29, 1.82) is 0 Å². The molecule has 0 heterocycles. The number of rotatable bonds is 10. The summed E-state index contributed by atoms with van der Waals surface area (Å²) in [7, 11) is 0. The predicted molar refractivity (Wildman–Crippen MR) is 78.5 cm³/mol. The van der Waals surface area contributed by atoms with Gasteiger partial charge in [0.15, 0.2) is 5.78 Å². The second-order valence-electron chi connectivity index (χ2n) is 5.58. The number of carboxylic acids is 2. The third kappa shape index (κ3) is 8.93. The van der Waals surface area contributed by atoms with Gasteiger partial charge in [0.1, 0.15) is 6.04 Å². The van der Waals surface area contributed by atoms with E-state index in [1.807, 2.05) is 13.8 Å². The number of nitrogens with one attached hydrogen (secondary N) is 2. The SMILES string of the molecule is CC(=O)[C@H](CCC(C)C)NC(=O)N[C@H](CCC(=O)O)C(=O)O. The van der Waals surface area contributed by atoms with Crippen molar-refractivity contribution in [3.8, 4) is 0 Å². The van der Waals surface area contributed by atoms with Crippen molar-refractivity contribution < 1.29 is 29.4 Å². The lowest BCUT2D eigenvalue weighted by Gasteiger charge is -2.19. The predicted octanol–water partition coefficient (Wildman–Crippen LogP) is 0.997. The van der Waals surface area contributed by atoms with Crippen LogP contribution >= 0.6 is 0 Å². The van der Waals surface area contributed by atoms with Gasteiger partial charge in [-0.25, -0.2) is 9.59 Å². The van der Waals surface area contributed by atoms with Gasteiger partial charge < -0.3 is 20.8 Å². The van der Waals surface area contributed by atoms with E-state index in [0.717, 1.165) is 6.42 Å². The molecule has 0 aliphatic heterocycles. The molecule has 126 valence electrons. The van der Waals surface area contributed by atoms with E-state index in [2.05, 4.69) is 10.6 Å². The molecular formula is C14H24N2O6. The molecule has 0 aromatic heterocycles. The summed E-state index contributed by atoms with van der Waals surface area (Å²) in [4.78, 5) is 44.7. The number of ketones is 1. The zero-order chi connectivity index (χ0) is 17.3. The van der Waals surface area contributed by atoms with Crippen LogP contribution in [0.25, 0.3) is 0 Å². The maximum atomic E-state index is 11.8. The molecule has 4 N–H and O–H groups in total. The minimum Gasteiger partial charge on any atom is -0.481 e. The molecule has 0 spiro atoms. The number of carbonyl (C=O) groups is 4. The lowest BCUT2D eigenvalue weighted by Crippen LogP contribution is -2.50. The lowest BCUT2D eigenvalue weighted by atomic mass is 10.0. The van der Waals surface area contributed by atoms with Gasteiger partial charge in [-0.15, -0.1) is 0 Å². The first-order valence-electron chi connectivity index (χ1n) is 7.15. The first-order chi connectivity index (χ1) is 10.1. The molecule has 8 nitrogen and oxygen atoms in total. The summed E-state index contributed by atoms with van der Waals surface area (Å²) in [6.45, 7) is 5.33. The molecule has 0 saturated carbocycles. The minimum atomic E-state index is -1.32. The van der Waals surface area contributed by atoms with Crippen molar-refractivity contribution >= 4 is 23.8 Å². The Morgan fingerprint density at radius 1 is 0.909 bits per heavy atom. The molecule has 0 aromatic rings. The van der Waals surface area contributed by atoms with Gasteiger partial charge in [-0.1, -0.05) is 13.8 Å². The molecule has 0 radical (unpaired) electrons. The van der Waals surface area contributed by atoms with Crippen molar-refractivity contribution in [3.05, 3.63) is 0 Å².